The molecule has 3 rings (SSSR count). The first-order valence-corrected chi connectivity index (χ1v) is 6.84. The number of non-ortho nitro benzene ring substituents is 1. The summed E-state index contributed by atoms with van der Waals surface area (Å²) in [5, 5.41) is 16.2. The average molecular weight is 308 g/mol. The fourth-order valence-corrected chi connectivity index (χ4v) is 2.15. The summed E-state index contributed by atoms with van der Waals surface area (Å²) in [5.41, 5.74) is 1.82. The lowest BCUT2D eigenvalue weighted by molar-refractivity contribution is -0.384. The van der Waals surface area contributed by atoms with E-state index < -0.39 is 4.92 Å². The Kier molecular flexibility index (Phi) is 3.68. The predicted octanol–water partition coefficient (Wildman–Crippen LogP) is 3.09. The number of hydrazone groups is 1. The van der Waals surface area contributed by atoms with Crippen LogP contribution < -0.4 is 5.01 Å². The van der Waals surface area contributed by atoms with Crippen molar-refractivity contribution in [2.75, 3.05) is 5.01 Å². The zero-order valence-electron chi connectivity index (χ0n) is 12.2. The Labute approximate surface area is 131 Å². The SMILES string of the molecule is CC1=NN(c2ccccc2)C(=O)C1=Nc1ccc([N+](=O)[O-])cc1. The lowest BCUT2D eigenvalue weighted by atomic mass is 10.2. The minimum Gasteiger partial charge on any atom is -0.265 e. The molecule has 0 aromatic heterocycles. The van der Waals surface area contributed by atoms with Gasteiger partial charge in [-0.25, -0.2) is 4.99 Å². The quantitative estimate of drug-likeness (QED) is 0.644. The van der Waals surface area contributed by atoms with Gasteiger partial charge in [-0.2, -0.15) is 10.1 Å². The summed E-state index contributed by atoms with van der Waals surface area (Å²) < 4.78 is 0. The van der Waals surface area contributed by atoms with Crippen LogP contribution in [0.4, 0.5) is 17.1 Å². The van der Waals surface area contributed by atoms with E-state index in [1.807, 2.05) is 18.2 Å². The van der Waals surface area contributed by atoms with Gasteiger partial charge in [0.25, 0.3) is 11.6 Å². The minimum atomic E-state index is -0.485. The molecule has 0 atom stereocenters. The van der Waals surface area contributed by atoms with Gasteiger partial charge in [0.2, 0.25) is 0 Å². The maximum absolute atomic E-state index is 12.5. The molecule has 7 nitrogen and oxygen atoms in total. The van der Waals surface area contributed by atoms with Crippen LogP contribution in [0.5, 0.6) is 0 Å². The molecule has 0 saturated heterocycles. The highest BCUT2D eigenvalue weighted by Gasteiger charge is 2.30. The van der Waals surface area contributed by atoms with Crippen molar-refractivity contribution in [3.63, 3.8) is 0 Å². The third-order valence-corrected chi connectivity index (χ3v) is 3.29. The Balaban J connectivity index is 1.90. The number of nitrogens with zero attached hydrogens (tertiary/aromatic N) is 4. The van der Waals surface area contributed by atoms with Crippen molar-refractivity contribution >= 4 is 34.4 Å². The topological polar surface area (TPSA) is 88.2 Å². The highest BCUT2D eigenvalue weighted by atomic mass is 16.6. The molecule has 0 N–H and O–H groups in total. The first-order valence-electron chi connectivity index (χ1n) is 6.84. The van der Waals surface area contributed by atoms with Crippen molar-refractivity contribution < 1.29 is 9.72 Å². The standard InChI is InChI=1S/C16H12N4O3/c1-11-15(17-12-7-9-14(10-8-12)20(22)23)16(21)19(18-11)13-5-3-2-4-6-13/h2-10H,1H3. The van der Waals surface area contributed by atoms with Crippen LogP contribution >= 0.6 is 0 Å². The van der Waals surface area contributed by atoms with Gasteiger partial charge in [0.05, 0.1) is 22.0 Å². The lowest BCUT2D eigenvalue weighted by Gasteiger charge is -2.10. The molecule has 0 unspecified atom stereocenters. The number of hydrogen-bond donors (Lipinski definition) is 0. The molecule has 0 aliphatic carbocycles. The van der Waals surface area contributed by atoms with E-state index in [0.29, 0.717) is 17.1 Å². The first kappa shape index (κ1) is 14.6. The third-order valence-electron chi connectivity index (χ3n) is 3.29. The molecular formula is C16H12N4O3. The van der Waals surface area contributed by atoms with Gasteiger partial charge in [-0.15, -0.1) is 0 Å². The molecule has 0 fully saturated rings. The molecule has 0 radical (unpaired) electrons. The molecule has 2 aromatic rings. The van der Waals surface area contributed by atoms with Crippen LogP contribution in [0.15, 0.2) is 64.7 Å². The van der Waals surface area contributed by atoms with Crippen LogP contribution in [0.2, 0.25) is 0 Å². The fraction of sp³-hybridized carbons (Fsp3) is 0.0625. The van der Waals surface area contributed by atoms with Crippen molar-refractivity contribution in [3.05, 3.63) is 64.7 Å². The largest absolute Gasteiger partial charge is 0.299 e. The summed E-state index contributed by atoms with van der Waals surface area (Å²) in [7, 11) is 0. The summed E-state index contributed by atoms with van der Waals surface area (Å²) >= 11 is 0. The van der Waals surface area contributed by atoms with E-state index in [1.165, 1.54) is 29.3 Å². The van der Waals surface area contributed by atoms with Crippen molar-refractivity contribution in [3.8, 4) is 0 Å². The Bertz CT molecular complexity index is 826. The van der Waals surface area contributed by atoms with Gasteiger partial charge in [0, 0.05) is 12.1 Å². The molecule has 1 aliphatic heterocycles. The second-order valence-electron chi connectivity index (χ2n) is 4.87. The molecule has 23 heavy (non-hydrogen) atoms. The lowest BCUT2D eigenvalue weighted by Crippen LogP contribution is -2.26. The monoisotopic (exact) mass is 308 g/mol. The van der Waals surface area contributed by atoms with Gasteiger partial charge in [-0.05, 0) is 31.2 Å². The van der Waals surface area contributed by atoms with Crippen LogP contribution in [-0.4, -0.2) is 22.3 Å². The van der Waals surface area contributed by atoms with Crippen molar-refractivity contribution in [1.29, 1.82) is 0 Å². The van der Waals surface area contributed by atoms with Gasteiger partial charge in [-0.1, -0.05) is 18.2 Å². The Morgan fingerprint density at radius 1 is 1.09 bits per heavy atom. The van der Waals surface area contributed by atoms with Crippen molar-refractivity contribution in [1.82, 2.24) is 0 Å². The highest BCUT2D eigenvalue weighted by molar-refractivity contribution is 6.71. The van der Waals surface area contributed by atoms with E-state index in [-0.39, 0.29) is 17.3 Å². The number of carbonyl (C=O) groups is 1. The summed E-state index contributed by atoms with van der Waals surface area (Å²) in [4.78, 5) is 26.9. The second kappa shape index (κ2) is 5.80. The number of anilines is 1. The maximum Gasteiger partial charge on any atom is 0.299 e. The molecule has 1 aliphatic rings. The fourth-order valence-electron chi connectivity index (χ4n) is 2.15. The van der Waals surface area contributed by atoms with Gasteiger partial charge in [0.1, 0.15) is 0 Å². The number of nitro groups is 1. The summed E-state index contributed by atoms with van der Waals surface area (Å²) in [6.45, 7) is 1.70. The number of para-hydroxylation sites is 1. The number of rotatable bonds is 3. The van der Waals surface area contributed by atoms with Gasteiger partial charge in [0.15, 0.2) is 5.71 Å². The van der Waals surface area contributed by atoms with E-state index in [0.717, 1.165) is 0 Å². The molecule has 2 aromatic carbocycles. The third kappa shape index (κ3) is 2.84. The highest BCUT2D eigenvalue weighted by Crippen LogP contribution is 2.22. The number of carbonyl (C=O) groups excluding carboxylic acids is 1. The Morgan fingerprint density at radius 2 is 1.74 bits per heavy atom. The van der Waals surface area contributed by atoms with Crippen LogP contribution in [0.1, 0.15) is 6.92 Å². The van der Waals surface area contributed by atoms with Crippen LogP contribution in [0.25, 0.3) is 0 Å². The van der Waals surface area contributed by atoms with Crippen molar-refractivity contribution in [2.24, 2.45) is 10.1 Å². The summed E-state index contributed by atoms with van der Waals surface area (Å²) in [6, 6.07) is 14.7. The molecular weight excluding hydrogens is 296 g/mol. The molecule has 7 heteroatoms. The van der Waals surface area contributed by atoms with E-state index in [1.54, 1.807) is 19.1 Å². The molecule has 0 saturated carbocycles. The van der Waals surface area contributed by atoms with Gasteiger partial charge < -0.3 is 0 Å². The average Bonchev–Trinajstić information content (AvgIpc) is 2.84. The Morgan fingerprint density at radius 3 is 2.35 bits per heavy atom. The van der Waals surface area contributed by atoms with E-state index in [9.17, 15) is 14.9 Å². The van der Waals surface area contributed by atoms with E-state index in [2.05, 4.69) is 10.1 Å². The number of benzene rings is 2. The predicted molar refractivity (Wildman–Crippen MR) is 87.2 cm³/mol. The van der Waals surface area contributed by atoms with Gasteiger partial charge >= 0.3 is 0 Å². The zero-order valence-corrected chi connectivity index (χ0v) is 12.2. The Hall–Kier alpha value is -3.35. The first-order chi connectivity index (χ1) is 11.1. The number of aliphatic imine (C=N–C) groups is 1. The normalized spacial score (nSPS) is 15.9. The van der Waals surface area contributed by atoms with Crippen molar-refractivity contribution in [2.45, 2.75) is 6.92 Å². The number of hydrogen-bond acceptors (Lipinski definition) is 5. The molecule has 114 valence electrons. The second-order valence-corrected chi connectivity index (χ2v) is 4.87. The maximum atomic E-state index is 12.5. The van der Waals surface area contributed by atoms with E-state index >= 15 is 0 Å². The summed E-state index contributed by atoms with van der Waals surface area (Å²) in [5.74, 6) is -0.327. The van der Waals surface area contributed by atoms with Crippen LogP contribution in [0, 0.1) is 10.1 Å². The summed E-state index contributed by atoms with van der Waals surface area (Å²) in [6.07, 6.45) is 0. The minimum absolute atomic E-state index is 0.0250. The van der Waals surface area contributed by atoms with E-state index in [4.69, 9.17) is 0 Å². The van der Waals surface area contributed by atoms with Gasteiger partial charge in [-0.3, -0.25) is 14.9 Å². The number of amides is 1. The smallest absolute Gasteiger partial charge is 0.265 e. The number of nitro benzene ring substituents is 1. The zero-order chi connectivity index (χ0) is 16.4. The molecule has 1 amide bonds. The molecule has 0 spiro atoms. The van der Waals surface area contributed by atoms with Crippen LogP contribution in [0.3, 0.4) is 0 Å². The molecule has 1 heterocycles. The molecule has 0 bridgehead atoms. The van der Waals surface area contributed by atoms with Crippen LogP contribution in [-0.2, 0) is 4.79 Å².